The second kappa shape index (κ2) is 3.92. The molecule has 2 heterocycles. The van der Waals surface area contributed by atoms with E-state index in [0.29, 0.717) is 13.2 Å². The van der Waals surface area contributed by atoms with Gasteiger partial charge in [-0.2, -0.15) is 0 Å². The van der Waals surface area contributed by atoms with Crippen molar-refractivity contribution in [2.24, 2.45) is 0 Å². The lowest BCUT2D eigenvalue weighted by molar-refractivity contribution is 0.113. The topological polar surface area (TPSA) is 56.4 Å². The Morgan fingerprint density at radius 1 is 1.29 bits per heavy atom. The normalized spacial score (nSPS) is 16.1. The summed E-state index contributed by atoms with van der Waals surface area (Å²) in [6.07, 6.45) is -0.0544. The van der Waals surface area contributed by atoms with Crippen molar-refractivity contribution in [3.05, 3.63) is 18.0 Å². The fourth-order valence-electron chi connectivity index (χ4n) is 1.87. The summed E-state index contributed by atoms with van der Waals surface area (Å²) in [7, 11) is 1.66. The van der Waals surface area contributed by atoms with Crippen LogP contribution in [0.5, 0.6) is 11.5 Å². The van der Waals surface area contributed by atoms with Gasteiger partial charge in [-0.05, 0) is 6.92 Å². The van der Waals surface area contributed by atoms with E-state index in [1.54, 1.807) is 7.11 Å². The summed E-state index contributed by atoms with van der Waals surface area (Å²) in [5.41, 5.74) is 1.81. The maximum Gasteiger partial charge on any atom is 0.163 e. The molecule has 0 fully saturated rings. The van der Waals surface area contributed by atoms with Crippen molar-refractivity contribution < 1.29 is 14.2 Å². The molecule has 0 spiro atoms. The average molecular weight is 234 g/mol. The molecule has 0 radical (unpaired) electrons. The number of hydrogen-bond acceptors (Lipinski definition) is 4. The van der Waals surface area contributed by atoms with Gasteiger partial charge in [0.15, 0.2) is 11.5 Å². The quantitative estimate of drug-likeness (QED) is 0.863. The van der Waals surface area contributed by atoms with E-state index in [9.17, 15) is 0 Å². The molecular weight excluding hydrogens is 220 g/mol. The number of aromatic nitrogens is 2. The molecule has 5 nitrogen and oxygen atoms in total. The maximum absolute atomic E-state index is 5.52. The summed E-state index contributed by atoms with van der Waals surface area (Å²) in [4.78, 5) is 7.70. The fraction of sp³-hybridized carbons (Fsp3) is 0.417. The maximum atomic E-state index is 5.52. The zero-order valence-electron chi connectivity index (χ0n) is 9.82. The van der Waals surface area contributed by atoms with Gasteiger partial charge >= 0.3 is 0 Å². The van der Waals surface area contributed by atoms with Crippen LogP contribution in [0.2, 0.25) is 0 Å². The van der Waals surface area contributed by atoms with Crippen molar-refractivity contribution in [2.45, 2.75) is 13.0 Å². The van der Waals surface area contributed by atoms with E-state index in [0.717, 1.165) is 28.4 Å². The minimum absolute atomic E-state index is 0.0544. The first-order valence-electron chi connectivity index (χ1n) is 5.60. The van der Waals surface area contributed by atoms with Gasteiger partial charge in [-0.25, -0.2) is 4.98 Å². The largest absolute Gasteiger partial charge is 0.486 e. The molecule has 0 saturated carbocycles. The van der Waals surface area contributed by atoms with Gasteiger partial charge in [0.05, 0.1) is 11.0 Å². The molecule has 0 aliphatic carbocycles. The third-order valence-electron chi connectivity index (χ3n) is 2.90. The predicted octanol–water partition coefficient (Wildman–Crippen LogP) is 2.04. The van der Waals surface area contributed by atoms with Gasteiger partial charge in [-0.15, -0.1) is 0 Å². The molecule has 1 aliphatic heterocycles. The zero-order chi connectivity index (χ0) is 11.8. The number of ether oxygens (including phenoxy) is 3. The highest BCUT2D eigenvalue weighted by molar-refractivity contribution is 5.80. The predicted molar refractivity (Wildman–Crippen MR) is 62.5 cm³/mol. The van der Waals surface area contributed by atoms with E-state index in [1.165, 1.54) is 0 Å². The van der Waals surface area contributed by atoms with E-state index in [4.69, 9.17) is 14.2 Å². The Labute approximate surface area is 98.7 Å². The van der Waals surface area contributed by atoms with E-state index >= 15 is 0 Å². The molecule has 17 heavy (non-hydrogen) atoms. The number of aromatic amines is 1. The molecule has 1 aromatic heterocycles. The minimum atomic E-state index is -0.0544. The Morgan fingerprint density at radius 3 is 2.71 bits per heavy atom. The number of nitrogens with zero attached hydrogens (tertiary/aromatic N) is 1. The number of methoxy groups -OCH3 is 1. The zero-order valence-corrected chi connectivity index (χ0v) is 9.82. The Morgan fingerprint density at radius 2 is 2.00 bits per heavy atom. The van der Waals surface area contributed by atoms with Crippen molar-refractivity contribution in [3.63, 3.8) is 0 Å². The van der Waals surface area contributed by atoms with Crippen molar-refractivity contribution >= 4 is 11.0 Å². The lowest BCUT2D eigenvalue weighted by atomic mass is 10.2. The SMILES string of the molecule is COC(C)c1nc2cc3c(cc2[nH]1)OCCO3. The molecule has 1 aromatic carbocycles. The van der Waals surface area contributed by atoms with Crippen LogP contribution in [-0.4, -0.2) is 30.3 Å². The standard InChI is InChI=1S/C12H14N2O3/c1-7(15-2)12-13-8-5-10-11(6-9(8)14-12)17-4-3-16-10/h5-7H,3-4H2,1-2H3,(H,13,14). The molecule has 0 bridgehead atoms. The smallest absolute Gasteiger partial charge is 0.163 e. The monoisotopic (exact) mass is 234 g/mol. The fourth-order valence-corrected chi connectivity index (χ4v) is 1.87. The molecular formula is C12H14N2O3. The number of H-pyrrole nitrogens is 1. The highest BCUT2D eigenvalue weighted by Crippen LogP contribution is 2.34. The van der Waals surface area contributed by atoms with Gasteiger partial charge in [-0.3, -0.25) is 0 Å². The summed E-state index contributed by atoms with van der Waals surface area (Å²) in [5.74, 6) is 2.33. The Kier molecular flexibility index (Phi) is 2.40. The molecule has 3 rings (SSSR count). The lowest BCUT2D eigenvalue weighted by Gasteiger charge is -2.17. The van der Waals surface area contributed by atoms with Crippen LogP contribution in [0.3, 0.4) is 0 Å². The minimum Gasteiger partial charge on any atom is -0.486 e. The number of fused-ring (bicyclic) bond motifs is 2. The van der Waals surface area contributed by atoms with E-state index in [1.807, 2.05) is 19.1 Å². The summed E-state index contributed by atoms with van der Waals surface area (Å²) in [6, 6.07) is 3.81. The number of hydrogen-bond donors (Lipinski definition) is 1. The number of imidazole rings is 1. The molecule has 0 saturated heterocycles. The molecule has 90 valence electrons. The van der Waals surface area contributed by atoms with Crippen molar-refractivity contribution in [3.8, 4) is 11.5 Å². The molecule has 1 atom stereocenters. The first-order chi connectivity index (χ1) is 8.28. The summed E-state index contributed by atoms with van der Waals surface area (Å²) in [5, 5.41) is 0. The summed E-state index contributed by atoms with van der Waals surface area (Å²) in [6.45, 7) is 3.13. The van der Waals surface area contributed by atoms with Crippen LogP contribution in [-0.2, 0) is 4.74 Å². The van der Waals surface area contributed by atoms with Gasteiger partial charge in [0.1, 0.15) is 25.1 Å². The molecule has 1 N–H and O–H groups in total. The Hall–Kier alpha value is -1.75. The van der Waals surface area contributed by atoms with Crippen LogP contribution in [0.25, 0.3) is 11.0 Å². The van der Waals surface area contributed by atoms with Gasteiger partial charge in [0.25, 0.3) is 0 Å². The van der Waals surface area contributed by atoms with Gasteiger partial charge in [-0.1, -0.05) is 0 Å². The highest BCUT2D eigenvalue weighted by atomic mass is 16.6. The van der Waals surface area contributed by atoms with E-state index in [2.05, 4.69) is 9.97 Å². The van der Waals surface area contributed by atoms with Crippen molar-refractivity contribution in [2.75, 3.05) is 20.3 Å². The number of benzene rings is 1. The average Bonchev–Trinajstić information content (AvgIpc) is 2.77. The highest BCUT2D eigenvalue weighted by Gasteiger charge is 2.16. The summed E-state index contributed by atoms with van der Waals surface area (Å²) >= 11 is 0. The number of rotatable bonds is 2. The second-order valence-electron chi connectivity index (χ2n) is 4.01. The molecule has 5 heteroatoms. The third kappa shape index (κ3) is 1.72. The first-order valence-corrected chi connectivity index (χ1v) is 5.60. The van der Waals surface area contributed by atoms with Gasteiger partial charge in [0, 0.05) is 19.2 Å². The molecule has 0 amide bonds. The van der Waals surface area contributed by atoms with Crippen LogP contribution in [0, 0.1) is 0 Å². The van der Waals surface area contributed by atoms with Gasteiger partial charge < -0.3 is 19.2 Å². The van der Waals surface area contributed by atoms with E-state index in [-0.39, 0.29) is 6.10 Å². The third-order valence-corrected chi connectivity index (χ3v) is 2.90. The van der Waals surface area contributed by atoms with Crippen molar-refractivity contribution in [1.29, 1.82) is 0 Å². The van der Waals surface area contributed by atoms with Gasteiger partial charge in [0.2, 0.25) is 0 Å². The first kappa shape index (κ1) is 10.4. The van der Waals surface area contributed by atoms with Crippen LogP contribution >= 0.6 is 0 Å². The Balaban J connectivity index is 2.09. The lowest BCUT2D eigenvalue weighted by Crippen LogP contribution is -2.15. The Bertz CT molecular complexity index is 507. The molecule has 2 aromatic rings. The number of nitrogens with one attached hydrogen (secondary N) is 1. The van der Waals surface area contributed by atoms with Crippen LogP contribution in [0.1, 0.15) is 18.9 Å². The van der Waals surface area contributed by atoms with Crippen LogP contribution in [0.15, 0.2) is 12.1 Å². The van der Waals surface area contributed by atoms with Crippen LogP contribution in [0.4, 0.5) is 0 Å². The molecule has 1 aliphatic rings. The summed E-state index contributed by atoms with van der Waals surface area (Å²) < 4.78 is 16.3. The van der Waals surface area contributed by atoms with Crippen LogP contribution < -0.4 is 9.47 Å². The second-order valence-corrected chi connectivity index (χ2v) is 4.01. The van der Waals surface area contributed by atoms with E-state index < -0.39 is 0 Å². The molecule has 1 unspecified atom stereocenters. The van der Waals surface area contributed by atoms with Crippen molar-refractivity contribution in [1.82, 2.24) is 9.97 Å².